The van der Waals surface area contributed by atoms with Crippen LogP contribution in [0.4, 0.5) is 14.6 Å². The van der Waals surface area contributed by atoms with E-state index in [-0.39, 0.29) is 25.8 Å². The highest BCUT2D eigenvalue weighted by Gasteiger charge is 2.53. The summed E-state index contributed by atoms with van der Waals surface area (Å²) in [4.78, 5) is 29.3. The van der Waals surface area contributed by atoms with Crippen LogP contribution in [0, 0.1) is 0 Å². The average Bonchev–Trinajstić information content (AvgIpc) is 3.60. The number of pyridine rings is 1. The Morgan fingerprint density at radius 2 is 1.67 bits per heavy atom. The fraction of sp³-hybridized carbons (Fsp3) is 0.148. The first-order chi connectivity index (χ1) is 17.2. The number of hydrogen-bond donors (Lipinski definition) is 2. The topological polar surface area (TPSA) is 97.8 Å². The molecule has 1 aromatic heterocycles. The zero-order valence-corrected chi connectivity index (χ0v) is 18.6. The smallest absolute Gasteiger partial charge is 0.478 e. The predicted molar refractivity (Wildman–Crippen MR) is 131 cm³/mol. The molecule has 0 bridgehead atoms. The Bertz CT molecular complexity index is 1560. The van der Waals surface area contributed by atoms with Gasteiger partial charge in [0.2, 0.25) is 5.91 Å². The van der Waals surface area contributed by atoms with E-state index in [0.717, 1.165) is 10.8 Å². The van der Waals surface area contributed by atoms with Gasteiger partial charge in [-0.1, -0.05) is 42.5 Å². The van der Waals surface area contributed by atoms with E-state index in [1.54, 1.807) is 24.3 Å². The second kappa shape index (κ2) is 7.74. The van der Waals surface area contributed by atoms with Crippen molar-refractivity contribution in [3.63, 3.8) is 0 Å². The lowest BCUT2D eigenvalue weighted by atomic mass is 9.94. The van der Waals surface area contributed by atoms with Gasteiger partial charge in [0.25, 0.3) is 0 Å². The summed E-state index contributed by atoms with van der Waals surface area (Å²) in [6, 6.07) is 20.1. The molecular formula is C27H22F2N2O5. The summed E-state index contributed by atoms with van der Waals surface area (Å²) < 4.78 is 35.9. The number of aromatic nitrogens is 1. The van der Waals surface area contributed by atoms with Crippen LogP contribution < -0.4 is 14.8 Å². The standard InChI is InChI=1S/C27H18F2N2O5.2H2/c28-27(29)35-20-10-9-18(14-21(20)36-27)26(11-12-26)25(34)31-22-13-17-3-1-2-4-19(17)23(30-22)15-5-7-16(8-6-15)24(32)33;;/h1-10,13-14H,11-12H2,(H,32,33)(H,30,31,34);2*1H. The van der Waals surface area contributed by atoms with E-state index in [4.69, 9.17) is 0 Å². The molecule has 2 N–H and O–H groups in total. The number of ether oxygens (including phenoxy) is 2. The fourth-order valence-electron chi connectivity index (χ4n) is 4.51. The lowest BCUT2D eigenvalue weighted by Crippen LogP contribution is -2.28. The molecule has 2 heterocycles. The molecule has 4 aromatic rings. The third kappa shape index (κ3) is 3.69. The van der Waals surface area contributed by atoms with Gasteiger partial charge in [-0.05, 0) is 54.1 Å². The molecule has 1 aliphatic heterocycles. The zero-order chi connectivity index (χ0) is 25.1. The summed E-state index contributed by atoms with van der Waals surface area (Å²) in [6.07, 6.45) is -2.63. The minimum absolute atomic E-state index is 0. The number of fused-ring (bicyclic) bond motifs is 2. The van der Waals surface area contributed by atoms with Crippen LogP contribution in [0.2, 0.25) is 0 Å². The predicted octanol–water partition coefficient (Wildman–Crippen LogP) is 6.08. The van der Waals surface area contributed by atoms with E-state index in [2.05, 4.69) is 19.8 Å². The maximum Gasteiger partial charge on any atom is 0.586 e. The van der Waals surface area contributed by atoms with Gasteiger partial charge in [0.15, 0.2) is 11.5 Å². The van der Waals surface area contributed by atoms with E-state index in [1.807, 2.05) is 24.3 Å². The highest BCUT2D eigenvalue weighted by Crippen LogP contribution is 2.52. The molecule has 36 heavy (non-hydrogen) atoms. The molecule has 9 heteroatoms. The number of nitrogens with zero attached hydrogens (tertiary/aromatic N) is 1. The second-order valence-electron chi connectivity index (χ2n) is 8.82. The molecule has 0 radical (unpaired) electrons. The quantitative estimate of drug-likeness (QED) is 0.350. The first-order valence-electron chi connectivity index (χ1n) is 11.2. The van der Waals surface area contributed by atoms with E-state index in [1.165, 1.54) is 24.3 Å². The Labute approximate surface area is 206 Å². The van der Waals surface area contributed by atoms with Crippen LogP contribution >= 0.6 is 0 Å². The van der Waals surface area contributed by atoms with Crippen LogP contribution in [0.15, 0.2) is 72.8 Å². The molecule has 0 saturated heterocycles. The van der Waals surface area contributed by atoms with Gasteiger partial charge in [-0.15, -0.1) is 8.78 Å². The molecule has 0 unspecified atom stereocenters. The summed E-state index contributed by atoms with van der Waals surface area (Å²) >= 11 is 0. The number of anilines is 1. The number of benzene rings is 3. The number of carboxylic acids is 1. The van der Waals surface area contributed by atoms with Gasteiger partial charge in [-0.25, -0.2) is 9.78 Å². The number of alkyl halides is 2. The third-order valence-electron chi connectivity index (χ3n) is 6.53. The van der Waals surface area contributed by atoms with E-state index in [9.17, 15) is 23.5 Å². The number of nitrogens with one attached hydrogen (secondary N) is 1. The van der Waals surface area contributed by atoms with Crippen molar-refractivity contribution in [2.45, 2.75) is 24.6 Å². The molecule has 1 aliphatic carbocycles. The Hall–Kier alpha value is -4.53. The molecular weight excluding hydrogens is 470 g/mol. The first kappa shape index (κ1) is 22.0. The molecule has 2 aliphatic rings. The minimum Gasteiger partial charge on any atom is -0.478 e. The van der Waals surface area contributed by atoms with Crippen molar-refractivity contribution < 1.29 is 35.8 Å². The van der Waals surface area contributed by atoms with Crippen molar-refractivity contribution in [2.75, 3.05) is 5.32 Å². The van der Waals surface area contributed by atoms with Gasteiger partial charge < -0.3 is 19.9 Å². The maximum atomic E-state index is 13.4. The zero-order valence-electron chi connectivity index (χ0n) is 18.6. The van der Waals surface area contributed by atoms with Crippen LogP contribution in [-0.2, 0) is 10.2 Å². The Kier molecular flexibility index (Phi) is 4.72. The van der Waals surface area contributed by atoms with Gasteiger partial charge >= 0.3 is 12.3 Å². The average molecular weight is 492 g/mol. The van der Waals surface area contributed by atoms with Crippen LogP contribution in [-0.4, -0.2) is 28.3 Å². The number of hydrogen-bond acceptors (Lipinski definition) is 5. The molecule has 0 spiro atoms. The molecule has 184 valence electrons. The normalized spacial score (nSPS) is 16.5. The van der Waals surface area contributed by atoms with Crippen molar-refractivity contribution in [1.82, 2.24) is 4.98 Å². The van der Waals surface area contributed by atoms with E-state index in [0.29, 0.717) is 35.5 Å². The Balaban J connectivity index is 0.00000168. The van der Waals surface area contributed by atoms with Gasteiger partial charge in [0, 0.05) is 13.8 Å². The summed E-state index contributed by atoms with van der Waals surface area (Å²) in [5.74, 6) is -1.18. The van der Waals surface area contributed by atoms with Gasteiger partial charge in [0.05, 0.1) is 16.7 Å². The number of halogens is 2. The van der Waals surface area contributed by atoms with Crippen molar-refractivity contribution in [3.05, 3.63) is 83.9 Å². The number of carbonyl (C=O) groups excluding carboxylic acids is 1. The molecule has 0 atom stereocenters. The summed E-state index contributed by atoms with van der Waals surface area (Å²) in [6.45, 7) is 0. The lowest BCUT2D eigenvalue weighted by molar-refractivity contribution is -0.286. The number of aromatic carboxylic acids is 1. The highest BCUT2D eigenvalue weighted by molar-refractivity contribution is 6.03. The van der Waals surface area contributed by atoms with Gasteiger partial charge in [0.1, 0.15) is 5.82 Å². The minimum atomic E-state index is -3.73. The summed E-state index contributed by atoms with van der Waals surface area (Å²) in [5.41, 5.74) is 1.13. The fourth-order valence-corrected chi connectivity index (χ4v) is 4.51. The summed E-state index contributed by atoms with van der Waals surface area (Å²) in [5, 5.41) is 13.8. The monoisotopic (exact) mass is 492 g/mol. The molecule has 6 rings (SSSR count). The maximum absolute atomic E-state index is 13.4. The molecule has 1 fully saturated rings. The van der Waals surface area contributed by atoms with Gasteiger partial charge in [-0.3, -0.25) is 4.79 Å². The van der Waals surface area contributed by atoms with E-state index >= 15 is 0 Å². The number of rotatable bonds is 5. The third-order valence-corrected chi connectivity index (χ3v) is 6.53. The first-order valence-corrected chi connectivity index (χ1v) is 11.2. The van der Waals surface area contributed by atoms with Crippen LogP contribution in [0.5, 0.6) is 11.5 Å². The Morgan fingerprint density at radius 1 is 0.944 bits per heavy atom. The van der Waals surface area contributed by atoms with Crippen molar-refractivity contribution in [3.8, 4) is 22.8 Å². The highest BCUT2D eigenvalue weighted by atomic mass is 19.3. The number of carboxylic acid groups (broad SMARTS) is 1. The SMILES string of the molecule is O=C(O)c1ccc(-c2nc(NC(=O)C3(c4ccc5c(c4)OC(F)(F)O5)CC3)cc3ccccc23)cc1.[HH].[HH]. The molecule has 1 amide bonds. The second-order valence-corrected chi connectivity index (χ2v) is 8.82. The van der Waals surface area contributed by atoms with Gasteiger partial charge in [-0.2, -0.15) is 0 Å². The van der Waals surface area contributed by atoms with Crippen LogP contribution in [0.25, 0.3) is 22.0 Å². The van der Waals surface area contributed by atoms with Crippen molar-refractivity contribution >= 4 is 28.5 Å². The lowest BCUT2D eigenvalue weighted by Gasteiger charge is -2.17. The van der Waals surface area contributed by atoms with Crippen LogP contribution in [0.1, 0.15) is 31.6 Å². The molecule has 1 saturated carbocycles. The molecule has 3 aromatic carbocycles. The molecule has 7 nitrogen and oxygen atoms in total. The van der Waals surface area contributed by atoms with Crippen LogP contribution in [0.3, 0.4) is 0 Å². The van der Waals surface area contributed by atoms with Crippen molar-refractivity contribution in [1.29, 1.82) is 0 Å². The van der Waals surface area contributed by atoms with Crippen molar-refractivity contribution in [2.24, 2.45) is 0 Å². The largest absolute Gasteiger partial charge is 0.586 e. The summed E-state index contributed by atoms with van der Waals surface area (Å²) in [7, 11) is 0. The number of amides is 1. The number of carbonyl (C=O) groups is 2. The Morgan fingerprint density at radius 3 is 2.39 bits per heavy atom. The van der Waals surface area contributed by atoms with E-state index < -0.39 is 17.7 Å².